The molecule has 0 aromatic carbocycles. The molecule has 0 heterocycles. The van der Waals surface area contributed by atoms with E-state index in [0.717, 1.165) is 0 Å². The molecule has 0 saturated carbocycles. The highest BCUT2D eigenvalue weighted by Crippen LogP contribution is 2.00. The molecule has 0 saturated heterocycles. The Bertz CT molecular complexity index is 196. The van der Waals surface area contributed by atoms with E-state index in [2.05, 4.69) is 5.32 Å². The summed E-state index contributed by atoms with van der Waals surface area (Å²) in [4.78, 5) is 13.3. The molecule has 3 N–H and O–H groups in total. The van der Waals surface area contributed by atoms with Crippen molar-refractivity contribution < 1.29 is 4.79 Å². The predicted molar refractivity (Wildman–Crippen MR) is 57.7 cm³/mol. The predicted octanol–water partition coefficient (Wildman–Crippen LogP) is 0.712. The van der Waals surface area contributed by atoms with Gasteiger partial charge in [-0.05, 0) is 13.8 Å². The number of amides is 2. The Hall–Kier alpha value is -0.840. The molecule has 0 aromatic rings. The molecule has 13 heavy (non-hydrogen) atoms. The van der Waals surface area contributed by atoms with Crippen LogP contribution < -0.4 is 11.1 Å². The van der Waals surface area contributed by atoms with Crippen LogP contribution in [0.15, 0.2) is 0 Å². The van der Waals surface area contributed by atoms with E-state index in [1.54, 1.807) is 11.9 Å². The first-order valence-electron chi connectivity index (χ1n) is 4.28. The molecule has 0 rings (SSSR count). The molecule has 5 heteroatoms. The molecule has 76 valence electrons. The number of nitrogens with two attached hydrogens (primary N) is 1. The van der Waals surface area contributed by atoms with Crippen molar-refractivity contribution in [3.8, 4) is 0 Å². The lowest BCUT2D eigenvalue weighted by Gasteiger charge is -2.24. The van der Waals surface area contributed by atoms with Gasteiger partial charge in [-0.3, -0.25) is 0 Å². The minimum atomic E-state index is -0.0914. The van der Waals surface area contributed by atoms with E-state index in [0.29, 0.717) is 18.0 Å². The van der Waals surface area contributed by atoms with Gasteiger partial charge in [0.15, 0.2) is 0 Å². The van der Waals surface area contributed by atoms with Crippen LogP contribution in [-0.2, 0) is 0 Å². The molecule has 4 nitrogen and oxygen atoms in total. The third kappa shape index (κ3) is 4.67. The molecule has 2 amide bonds. The molecular weight excluding hydrogens is 186 g/mol. The Morgan fingerprint density at radius 1 is 1.69 bits per heavy atom. The maximum Gasteiger partial charge on any atom is 0.317 e. The first kappa shape index (κ1) is 12.2. The van der Waals surface area contributed by atoms with E-state index in [-0.39, 0.29) is 12.1 Å². The minimum absolute atomic E-state index is 0.0454. The van der Waals surface area contributed by atoms with Gasteiger partial charge in [0.2, 0.25) is 0 Å². The molecule has 1 unspecified atom stereocenters. The van der Waals surface area contributed by atoms with Gasteiger partial charge in [0.1, 0.15) is 0 Å². The zero-order chi connectivity index (χ0) is 10.4. The van der Waals surface area contributed by atoms with Crippen LogP contribution in [0.4, 0.5) is 4.79 Å². The SMILES string of the molecule is CCNC(=O)N(C)C(C)CC(N)=S. The highest BCUT2D eigenvalue weighted by Gasteiger charge is 2.14. The number of carbonyl (C=O) groups excluding carboxylic acids is 1. The van der Waals surface area contributed by atoms with Gasteiger partial charge in [-0.2, -0.15) is 0 Å². The Morgan fingerprint density at radius 2 is 2.23 bits per heavy atom. The number of hydrogen-bond donors (Lipinski definition) is 2. The van der Waals surface area contributed by atoms with Gasteiger partial charge in [-0.15, -0.1) is 0 Å². The zero-order valence-corrected chi connectivity index (χ0v) is 9.15. The molecule has 1 atom stereocenters. The summed E-state index contributed by atoms with van der Waals surface area (Å²) >= 11 is 4.76. The van der Waals surface area contributed by atoms with Crippen LogP contribution in [-0.4, -0.2) is 35.6 Å². The summed E-state index contributed by atoms with van der Waals surface area (Å²) in [6.07, 6.45) is 0.558. The van der Waals surface area contributed by atoms with E-state index in [1.165, 1.54) is 0 Å². The van der Waals surface area contributed by atoms with E-state index < -0.39 is 0 Å². The van der Waals surface area contributed by atoms with Crippen molar-refractivity contribution in [3.05, 3.63) is 0 Å². The van der Waals surface area contributed by atoms with Crippen molar-refractivity contribution in [1.29, 1.82) is 0 Å². The molecule has 0 radical (unpaired) electrons. The topological polar surface area (TPSA) is 58.4 Å². The number of hydrogen-bond acceptors (Lipinski definition) is 2. The quantitative estimate of drug-likeness (QED) is 0.662. The first-order valence-corrected chi connectivity index (χ1v) is 4.68. The summed E-state index contributed by atoms with van der Waals surface area (Å²) in [6.45, 7) is 4.42. The fraction of sp³-hybridized carbons (Fsp3) is 0.750. The molecule has 0 fully saturated rings. The second kappa shape index (κ2) is 5.75. The Labute approximate surface area is 84.5 Å². The normalized spacial score (nSPS) is 11.9. The average molecular weight is 203 g/mol. The number of rotatable bonds is 4. The van der Waals surface area contributed by atoms with Crippen molar-refractivity contribution >= 4 is 23.2 Å². The number of nitrogens with one attached hydrogen (secondary N) is 1. The lowest BCUT2D eigenvalue weighted by atomic mass is 10.2. The van der Waals surface area contributed by atoms with Gasteiger partial charge in [0, 0.05) is 26.1 Å². The average Bonchev–Trinajstić information content (AvgIpc) is 2.02. The standard InChI is InChI=1S/C8H17N3OS/c1-4-10-8(12)11(3)6(2)5-7(9)13/h6H,4-5H2,1-3H3,(H2,9,13)(H,10,12). The van der Waals surface area contributed by atoms with Crippen LogP contribution in [0.25, 0.3) is 0 Å². The molecule has 0 aliphatic carbocycles. The molecule has 0 aliphatic rings. The second-order valence-corrected chi connectivity index (χ2v) is 3.49. The molecular formula is C8H17N3OS. The van der Waals surface area contributed by atoms with E-state index >= 15 is 0 Å². The van der Waals surface area contributed by atoms with Crippen molar-refractivity contribution in [3.63, 3.8) is 0 Å². The monoisotopic (exact) mass is 203 g/mol. The third-order valence-corrected chi connectivity index (χ3v) is 1.97. The second-order valence-electron chi connectivity index (χ2n) is 2.97. The first-order chi connectivity index (χ1) is 5.99. The zero-order valence-electron chi connectivity index (χ0n) is 8.33. The largest absolute Gasteiger partial charge is 0.393 e. The Morgan fingerprint density at radius 3 is 2.62 bits per heavy atom. The van der Waals surface area contributed by atoms with Crippen molar-refractivity contribution in [2.24, 2.45) is 5.73 Å². The maximum absolute atomic E-state index is 11.3. The van der Waals surface area contributed by atoms with Gasteiger partial charge < -0.3 is 16.0 Å². The molecule has 0 aromatic heterocycles. The summed E-state index contributed by atoms with van der Waals surface area (Å²) in [7, 11) is 1.73. The summed E-state index contributed by atoms with van der Waals surface area (Å²) in [6, 6.07) is -0.0460. The number of urea groups is 1. The van der Waals surface area contributed by atoms with Crippen LogP contribution in [0, 0.1) is 0 Å². The maximum atomic E-state index is 11.3. The van der Waals surface area contributed by atoms with Crippen LogP contribution in [0.2, 0.25) is 0 Å². The van der Waals surface area contributed by atoms with Gasteiger partial charge in [-0.25, -0.2) is 4.79 Å². The molecule has 0 aliphatic heterocycles. The third-order valence-electron chi connectivity index (χ3n) is 1.81. The fourth-order valence-electron chi connectivity index (χ4n) is 0.904. The lowest BCUT2D eigenvalue weighted by Crippen LogP contribution is -2.43. The van der Waals surface area contributed by atoms with Crippen molar-refractivity contribution in [1.82, 2.24) is 10.2 Å². The van der Waals surface area contributed by atoms with E-state index in [9.17, 15) is 4.79 Å². The van der Waals surface area contributed by atoms with Gasteiger partial charge >= 0.3 is 6.03 Å². The van der Waals surface area contributed by atoms with Crippen molar-refractivity contribution in [2.75, 3.05) is 13.6 Å². The molecule has 0 spiro atoms. The summed E-state index contributed by atoms with van der Waals surface area (Å²) in [5, 5.41) is 2.70. The summed E-state index contributed by atoms with van der Waals surface area (Å²) in [5.41, 5.74) is 5.38. The van der Waals surface area contributed by atoms with Crippen LogP contribution in [0.1, 0.15) is 20.3 Å². The van der Waals surface area contributed by atoms with Gasteiger partial charge in [0.25, 0.3) is 0 Å². The van der Waals surface area contributed by atoms with Gasteiger partial charge in [-0.1, -0.05) is 12.2 Å². The van der Waals surface area contributed by atoms with Crippen LogP contribution >= 0.6 is 12.2 Å². The van der Waals surface area contributed by atoms with E-state index in [4.69, 9.17) is 18.0 Å². The number of nitrogens with zero attached hydrogens (tertiary/aromatic N) is 1. The minimum Gasteiger partial charge on any atom is -0.393 e. The highest BCUT2D eigenvalue weighted by molar-refractivity contribution is 7.80. The van der Waals surface area contributed by atoms with Crippen LogP contribution in [0.3, 0.4) is 0 Å². The summed E-state index contributed by atoms with van der Waals surface area (Å²) < 4.78 is 0. The van der Waals surface area contributed by atoms with Crippen LogP contribution in [0.5, 0.6) is 0 Å². The van der Waals surface area contributed by atoms with E-state index in [1.807, 2.05) is 13.8 Å². The smallest absolute Gasteiger partial charge is 0.317 e. The highest BCUT2D eigenvalue weighted by atomic mass is 32.1. The number of carbonyl (C=O) groups is 1. The number of thiocarbonyl (C=S) groups is 1. The summed E-state index contributed by atoms with van der Waals surface area (Å²) in [5.74, 6) is 0. The van der Waals surface area contributed by atoms with Gasteiger partial charge in [0.05, 0.1) is 4.99 Å². The Kier molecular flexibility index (Phi) is 5.37. The fourth-order valence-corrected chi connectivity index (χ4v) is 1.15. The lowest BCUT2D eigenvalue weighted by molar-refractivity contribution is 0.196. The van der Waals surface area contributed by atoms with Crippen molar-refractivity contribution in [2.45, 2.75) is 26.3 Å². The molecule has 0 bridgehead atoms. The Balaban J connectivity index is 4.00.